The molecular formula is C12H14N2O5. The van der Waals surface area contributed by atoms with Crippen LogP contribution in [0.3, 0.4) is 0 Å². The first-order valence-corrected chi connectivity index (χ1v) is 5.43. The second-order valence-corrected chi connectivity index (χ2v) is 4.01. The van der Waals surface area contributed by atoms with Gasteiger partial charge in [-0.25, -0.2) is 4.79 Å². The summed E-state index contributed by atoms with van der Waals surface area (Å²) in [6, 6.07) is 3.07. The highest BCUT2D eigenvalue weighted by atomic mass is 16.4. The van der Waals surface area contributed by atoms with Gasteiger partial charge < -0.3 is 21.3 Å². The number of nitrogens with one attached hydrogen (secondary N) is 1. The van der Waals surface area contributed by atoms with Gasteiger partial charge in [-0.15, -0.1) is 0 Å². The van der Waals surface area contributed by atoms with Crippen molar-refractivity contribution in [1.29, 1.82) is 0 Å². The molecule has 2 amide bonds. The third-order valence-corrected chi connectivity index (χ3v) is 2.49. The van der Waals surface area contributed by atoms with E-state index < -0.39 is 30.2 Å². The second kappa shape index (κ2) is 5.85. The fourth-order valence-electron chi connectivity index (χ4n) is 1.48. The van der Waals surface area contributed by atoms with Gasteiger partial charge in [0.25, 0.3) is 5.91 Å². The van der Waals surface area contributed by atoms with Crippen molar-refractivity contribution in [2.45, 2.75) is 19.4 Å². The van der Waals surface area contributed by atoms with Crippen LogP contribution in [0.5, 0.6) is 5.75 Å². The van der Waals surface area contributed by atoms with Crippen LogP contribution in [0.2, 0.25) is 0 Å². The number of aliphatic carboxylic acids is 1. The summed E-state index contributed by atoms with van der Waals surface area (Å²) in [6.07, 6.45) is -0.520. The molecule has 1 aromatic rings. The molecule has 1 atom stereocenters. The molecule has 1 aromatic carbocycles. The van der Waals surface area contributed by atoms with Crippen LogP contribution >= 0.6 is 0 Å². The van der Waals surface area contributed by atoms with E-state index in [-0.39, 0.29) is 11.3 Å². The average molecular weight is 266 g/mol. The van der Waals surface area contributed by atoms with Crippen LogP contribution in [0, 0.1) is 6.92 Å². The molecule has 19 heavy (non-hydrogen) atoms. The summed E-state index contributed by atoms with van der Waals surface area (Å²) in [6.45, 7) is 1.60. The molecule has 0 aliphatic carbocycles. The number of hydrogen-bond acceptors (Lipinski definition) is 4. The molecule has 0 aliphatic heterocycles. The first kappa shape index (κ1) is 14.5. The van der Waals surface area contributed by atoms with Crippen molar-refractivity contribution in [2.24, 2.45) is 5.73 Å². The van der Waals surface area contributed by atoms with Gasteiger partial charge in [-0.3, -0.25) is 9.59 Å². The molecule has 0 fully saturated rings. The molecule has 5 N–H and O–H groups in total. The van der Waals surface area contributed by atoms with E-state index >= 15 is 0 Å². The zero-order chi connectivity index (χ0) is 14.6. The number of phenols is 1. The SMILES string of the molecule is Cc1cccc(C(=O)N[C@H](CC(N)=O)C(=O)O)c1O. The number of carbonyl (C=O) groups is 3. The number of benzene rings is 1. The highest BCUT2D eigenvalue weighted by molar-refractivity contribution is 5.99. The summed E-state index contributed by atoms with van der Waals surface area (Å²) < 4.78 is 0. The van der Waals surface area contributed by atoms with Gasteiger partial charge in [0.1, 0.15) is 11.8 Å². The normalized spacial score (nSPS) is 11.6. The zero-order valence-electron chi connectivity index (χ0n) is 10.2. The number of rotatable bonds is 5. The lowest BCUT2D eigenvalue weighted by Crippen LogP contribution is -2.43. The average Bonchev–Trinajstić information content (AvgIpc) is 2.31. The molecule has 0 radical (unpaired) electrons. The van der Waals surface area contributed by atoms with Gasteiger partial charge in [-0.1, -0.05) is 12.1 Å². The number of amides is 2. The monoisotopic (exact) mass is 266 g/mol. The molecule has 0 bridgehead atoms. The largest absolute Gasteiger partial charge is 0.507 e. The van der Waals surface area contributed by atoms with Crippen molar-refractivity contribution in [1.82, 2.24) is 5.32 Å². The van der Waals surface area contributed by atoms with E-state index in [9.17, 15) is 19.5 Å². The maximum absolute atomic E-state index is 11.8. The summed E-state index contributed by atoms with van der Waals surface area (Å²) >= 11 is 0. The number of nitrogens with two attached hydrogens (primary N) is 1. The molecule has 0 unspecified atom stereocenters. The van der Waals surface area contributed by atoms with E-state index in [1.165, 1.54) is 6.07 Å². The van der Waals surface area contributed by atoms with E-state index in [0.29, 0.717) is 5.56 Å². The van der Waals surface area contributed by atoms with E-state index in [1.807, 2.05) is 0 Å². The Kier molecular flexibility index (Phi) is 4.46. The number of carboxylic acids is 1. The van der Waals surface area contributed by atoms with Crippen LogP contribution in [0.1, 0.15) is 22.3 Å². The molecule has 1 rings (SSSR count). The maximum atomic E-state index is 11.8. The van der Waals surface area contributed by atoms with Crippen LogP contribution in [0.15, 0.2) is 18.2 Å². The Bertz CT molecular complexity index is 527. The lowest BCUT2D eigenvalue weighted by molar-refractivity contribution is -0.140. The topological polar surface area (TPSA) is 130 Å². The Balaban J connectivity index is 2.91. The summed E-state index contributed by atoms with van der Waals surface area (Å²) in [7, 11) is 0. The van der Waals surface area contributed by atoms with Gasteiger partial charge in [0.05, 0.1) is 12.0 Å². The Labute approximate surface area is 109 Å². The van der Waals surface area contributed by atoms with Crippen molar-refractivity contribution >= 4 is 17.8 Å². The van der Waals surface area contributed by atoms with Crippen LogP contribution in [0.4, 0.5) is 0 Å². The van der Waals surface area contributed by atoms with E-state index in [4.69, 9.17) is 10.8 Å². The minimum atomic E-state index is -1.43. The Hall–Kier alpha value is -2.57. The van der Waals surface area contributed by atoms with Gasteiger partial charge >= 0.3 is 5.97 Å². The predicted octanol–water partition coefficient (Wildman–Crippen LogP) is -0.241. The maximum Gasteiger partial charge on any atom is 0.326 e. The van der Waals surface area contributed by atoms with Gasteiger partial charge in [0, 0.05) is 0 Å². The number of aryl methyl sites for hydroxylation is 1. The van der Waals surface area contributed by atoms with Gasteiger partial charge in [-0.2, -0.15) is 0 Å². The summed E-state index contributed by atoms with van der Waals surface area (Å²) in [4.78, 5) is 33.4. The van der Waals surface area contributed by atoms with Crippen molar-refractivity contribution in [3.63, 3.8) is 0 Å². The zero-order valence-corrected chi connectivity index (χ0v) is 10.2. The minimum absolute atomic E-state index is 0.0595. The quantitative estimate of drug-likeness (QED) is 0.584. The van der Waals surface area contributed by atoms with E-state index in [1.54, 1.807) is 19.1 Å². The Morgan fingerprint density at radius 3 is 2.53 bits per heavy atom. The summed E-state index contributed by atoms with van der Waals surface area (Å²) in [5.41, 5.74) is 5.32. The molecule has 0 spiro atoms. The first-order chi connectivity index (χ1) is 8.82. The molecule has 0 heterocycles. The second-order valence-electron chi connectivity index (χ2n) is 4.01. The number of carboxylic acid groups (broad SMARTS) is 1. The van der Waals surface area contributed by atoms with Crippen LogP contribution in [0.25, 0.3) is 0 Å². The molecule has 7 nitrogen and oxygen atoms in total. The summed E-state index contributed by atoms with van der Waals surface area (Å²) in [5, 5.41) is 20.7. The van der Waals surface area contributed by atoms with Crippen LogP contribution in [-0.4, -0.2) is 34.0 Å². The molecule has 0 aromatic heterocycles. The number of carbonyl (C=O) groups excluding carboxylic acids is 2. The predicted molar refractivity (Wildman–Crippen MR) is 65.5 cm³/mol. The fourth-order valence-corrected chi connectivity index (χ4v) is 1.48. The molecule has 0 saturated heterocycles. The van der Waals surface area contributed by atoms with Crippen molar-refractivity contribution in [2.75, 3.05) is 0 Å². The van der Waals surface area contributed by atoms with E-state index in [2.05, 4.69) is 5.32 Å². The van der Waals surface area contributed by atoms with Crippen molar-refractivity contribution in [3.8, 4) is 5.75 Å². The molecule has 0 saturated carbocycles. The number of hydrogen-bond donors (Lipinski definition) is 4. The Morgan fingerprint density at radius 2 is 2.00 bits per heavy atom. The minimum Gasteiger partial charge on any atom is -0.507 e. The molecular weight excluding hydrogens is 252 g/mol. The number of para-hydroxylation sites is 1. The van der Waals surface area contributed by atoms with Crippen LogP contribution < -0.4 is 11.1 Å². The van der Waals surface area contributed by atoms with Gasteiger partial charge in [-0.05, 0) is 18.6 Å². The first-order valence-electron chi connectivity index (χ1n) is 5.43. The van der Waals surface area contributed by atoms with Crippen molar-refractivity contribution in [3.05, 3.63) is 29.3 Å². The van der Waals surface area contributed by atoms with E-state index in [0.717, 1.165) is 0 Å². The Morgan fingerprint density at radius 1 is 1.37 bits per heavy atom. The van der Waals surface area contributed by atoms with Gasteiger partial charge in [0.15, 0.2) is 0 Å². The molecule has 0 aliphatic rings. The standard InChI is InChI=1S/C12H14N2O5/c1-6-3-2-4-7(10(6)16)11(17)14-8(12(18)19)5-9(13)15/h2-4,8,16H,5H2,1H3,(H2,13,15)(H,14,17)(H,18,19)/t8-/m1/s1. The number of primary amides is 1. The summed E-state index contributed by atoms with van der Waals surface area (Å²) in [5.74, 6) is -3.24. The third kappa shape index (κ3) is 3.70. The molecule has 102 valence electrons. The smallest absolute Gasteiger partial charge is 0.326 e. The lowest BCUT2D eigenvalue weighted by atomic mass is 10.1. The molecule has 7 heteroatoms. The van der Waals surface area contributed by atoms with Crippen molar-refractivity contribution < 1.29 is 24.6 Å². The van der Waals surface area contributed by atoms with Gasteiger partial charge in [0.2, 0.25) is 5.91 Å². The van der Waals surface area contributed by atoms with Crippen LogP contribution in [-0.2, 0) is 9.59 Å². The fraction of sp³-hybridized carbons (Fsp3) is 0.250. The highest BCUT2D eigenvalue weighted by Gasteiger charge is 2.24. The lowest BCUT2D eigenvalue weighted by Gasteiger charge is -2.13. The highest BCUT2D eigenvalue weighted by Crippen LogP contribution is 2.21. The number of phenolic OH excluding ortho intramolecular Hbond substituents is 1. The number of aromatic hydroxyl groups is 1. The third-order valence-electron chi connectivity index (χ3n) is 2.49.